The van der Waals surface area contributed by atoms with Gasteiger partial charge >= 0.3 is 0 Å². The Morgan fingerprint density at radius 1 is 1.14 bits per heavy atom. The number of rotatable bonds is 5. The Kier molecular flexibility index (Phi) is 5.24. The maximum absolute atomic E-state index is 5.81. The molecular weight excluding hydrogens is 296 g/mol. The smallest absolute Gasteiger partial charge is 0.224 e. The van der Waals surface area contributed by atoms with Crippen molar-refractivity contribution in [1.29, 1.82) is 0 Å². The quantitative estimate of drug-likeness (QED) is 0.860. The zero-order valence-corrected chi connectivity index (χ0v) is 13.3. The van der Waals surface area contributed by atoms with E-state index < -0.39 is 0 Å². The maximum atomic E-state index is 5.81. The zero-order valence-electron chi connectivity index (χ0n) is 12.6. The van der Waals surface area contributed by atoms with Gasteiger partial charge in [0.2, 0.25) is 5.28 Å². The largest absolute Gasteiger partial charge is 0.367 e. The van der Waals surface area contributed by atoms with Gasteiger partial charge in [0.15, 0.2) is 0 Å². The summed E-state index contributed by atoms with van der Waals surface area (Å²) in [4.78, 5) is 10.6. The molecule has 116 valence electrons. The van der Waals surface area contributed by atoms with Gasteiger partial charge in [0.05, 0.1) is 0 Å². The number of likely N-dealkylation sites (tertiary alicyclic amines) is 1. The second-order valence-corrected chi connectivity index (χ2v) is 6.04. The van der Waals surface area contributed by atoms with Crippen LogP contribution in [-0.2, 0) is 6.42 Å². The highest BCUT2D eigenvalue weighted by molar-refractivity contribution is 6.28. The number of hydrogen-bond acceptors (Lipinski definition) is 4. The second-order valence-electron chi connectivity index (χ2n) is 5.71. The van der Waals surface area contributed by atoms with Crippen molar-refractivity contribution in [3.05, 3.63) is 53.4 Å². The summed E-state index contributed by atoms with van der Waals surface area (Å²) in [5.41, 5.74) is 1.42. The van der Waals surface area contributed by atoms with E-state index in [0.29, 0.717) is 11.3 Å². The average Bonchev–Trinajstić information content (AvgIpc) is 2.55. The molecule has 1 aromatic carbocycles. The van der Waals surface area contributed by atoms with Crippen molar-refractivity contribution in [1.82, 2.24) is 14.9 Å². The van der Waals surface area contributed by atoms with Crippen LogP contribution in [0.3, 0.4) is 0 Å². The van der Waals surface area contributed by atoms with Gasteiger partial charge in [0.1, 0.15) is 5.82 Å². The summed E-state index contributed by atoms with van der Waals surface area (Å²) in [5.74, 6) is 0.822. The molecule has 1 fully saturated rings. The number of anilines is 1. The van der Waals surface area contributed by atoms with Crippen LogP contribution in [0.15, 0.2) is 42.6 Å². The van der Waals surface area contributed by atoms with Crippen LogP contribution in [-0.4, -0.2) is 40.5 Å². The van der Waals surface area contributed by atoms with Crippen molar-refractivity contribution < 1.29 is 0 Å². The van der Waals surface area contributed by atoms with Crippen molar-refractivity contribution in [2.75, 3.05) is 25.0 Å². The normalized spacial score (nSPS) is 16.6. The first kappa shape index (κ1) is 15.3. The van der Waals surface area contributed by atoms with Gasteiger partial charge in [-0.15, -0.1) is 0 Å². The number of piperidine rings is 1. The lowest BCUT2D eigenvalue weighted by molar-refractivity contribution is 0.221. The zero-order chi connectivity index (χ0) is 15.2. The molecule has 0 aliphatic carbocycles. The van der Waals surface area contributed by atoms with E-state index in [9.17, 15) is 0 Å². The van der Waals surface area contributed by atoms with Crippen LogP contribution in [0, 0.1) is 0 Å². The van der Waals surface area contributed by atoms with Gasteiger partial charge in [0, 0.05) is 31.9 Å². The van der Waals surface area contributed by atoms with Crippen molar-refractivity contribution >= 4 is 17.4 Å². The Bertz CT molecular complexity index is 582. The molecule has 0 amide bonds. The molecule has 1 aliphatic rings. The van der Waals surface area contributed by atoms with Crippen LogP contribution < -0.4 is 5.32 Å². The number of nitrogens with zero attached hydrogens (tertiary/aromatic N) is 3. The first-order valence-corrected chi connectivity index (χ1v) is 8.19. The minimum absolute atomic E-state index is 0.297. The summed E-state index contributed by atoms with van der Waals surface area (Å²) in [6.45, 7) is 3.39. The van der Waals surface area contributed by atoms with Crippen molar-refractivity contribution in [3.8, 4) is 0 Å². The topological polar surface area (TPSA) is 41.1 Å². The molecule has 0 spiro atoms. The number of halogens is 1. The highest BCUT2D eigenvalue weighted by Crippen LogP contribution is 2.16. The predicted molar refractivity (Wildman–Crippen MR) is 90.3 cm³/mol. The highest BCUT2D eigenvalue weighted by Gasteiger charge is 2.19. The fourth-order valence-corrected chi connectivity index (χ4v) is 3.00. The Balaban J connectivity index is 1.42. The summed E-state index contributed by atoms with van der Waals surface area (Å²) in [6, 6.07) is 13.0. The van der Waals surface area contributed by atoms with Gasteiger partial charge in [-0.05, 0) is 42.5 Å². The molecule has 0 unspecified atom stereocenters. The Hall–Kier alpha value is -1.65. The van der Waals surface area contributed by atoms with Crippen LogP contribution in [0.5, 0.6) is 0 Å². The molecule has 5 heteroatoms. The van der Waals surface area contributed by atoms with Crippen molar-refractivity contribution in [3.63, 3.8) is 0 Å². The molecule has 1 aromatic heterocycles. The Morgan fingerprint density at radius 3 is 2.64 bits per heavy atom. The van der Waals surface area contributed by atoms with E-state index in [1.54, 1.807) is 6.20 Å². The van der Waals surface area contributed by atoms with Crippen LogP contribution in [0.4, 0.5) is 5.82 Å². The van der Waals surface area contributed by atoms with Crippen LogP contribution in [0.2, 0.25) is 5.28 Å². The molecule has 0 radical (unpaired) electrons. The molecule has 1 N–H and O–H groups in total. The Labute approximate surface area is 136 Å². The predicted octanol–water partition coefficient (Wildman–Crippen LogP) is 3.25. The fraction of sp³-hybridized carbons (Fsp3) is 0.412. The molecule has 2 aromatic rings. The number of benzene rings is 1. The molecule has 3 rings (SSSR count). The number of aromatic nitrogens is 2. The molecule has 2 heterocycles. The van der Waals surface area contributed by atoms with Gasteiger partial charge < -0.3 is 10.2 Å². The van der Waals surface area contributed by atoms with Gasteiger partial charge in [-0.2, -0.15) is 0 Å². The monoisotopic (exact) mass is 316 g/mol. The molecule has 0 bridgehead atoms. The maximum Gasteiger partial charge on any atom is 0.224 e. The van der Waals surface area contributed by atoms with Crippen molar-refractivity contribution in [2.24, 2.45) is 0 Å². The third kappa shape index (κ3) is 4.42. The van der Waals surface area contributed by atoms with E-state index in [2.05, 4.69) is 50.5 Å². The molecule has 22 heavy (non-hydrogen) atoms. The lowest BCUT2D eigenvalue weighted by Gasteiger charge is -2.32. The Morgan fingerprint density at radius 2 is 1.91 bits per heavy atom. The lowest BCUT2D eigenvalue weighted by atomic mass is 10.0. The van der Waals surface area contributed by atoms with Gasteiger partial charge in [-0.25, -0.2) is 9.97 Å². The van der Waals surface area contributed by atoms with Crippen LogP contribution in [0.25, 0.3) is 0 Å². The van der Waals surface area contributed by atoms with Gasteiger partial charge in [-0.3, -0.25) is 0 Å². The average molecular weight is 317 g/mol. The summed E-state index contributed by atoms with van der Waals surface area (Å²) in [6.07, 6.45) is 5.08. The van der Waals surface area contributed by atoms with E-state index in [1.807, 2.05) is 6.07 Å². The summed E-state index contributed by atoms with van der Waals surface area (Å²) >= 11 is 5.81. The van der Waals surface area contributed by atoms with Gasteiger partial charge in [-0.1, -0.05) is 30.3 Å². The highest BCUT2D eigenvalue weighted by atomic mass is 35.5. The van der Waals surface area contributed by atoms with E-state index in [0.717, 1.165) is 44.7 Å². The van der Waals surface area contributed by atoms with E-state index in [1.165, 1.54) is 5.56 Å². The van der Waals surface area contributed by atoms with E-state index in [-0.39, 0.29) is 0 Å². The van der Waals surface area contributed by atoms with Crippen LogP contribution >= 0.6 is 11.6 Å². The third-order valence-electron chi connectivity index (χ3n) is 4.13. The minimum atomic E-state index is 0.297. The minimum Gasteiger partial charge on any atom is -0.367 e. The fourth-order valence-electron chi connectivity index (χ4n) is 2.86. The van der Waals surface area contributed by atoms with E-state index >= 15 is 0 Å². The molecule has 0 atom stereocenters. The molecule has 0 saturated carbocycles. The SMILES string of the molecule is Clc1nccc(NC2CCN(CCc3ccccc3)CC2)n1. The number of hydrogen-bond donors (Lipinski definition) is 1. The van der Waals surface area contributed by atoms with Crippen LogP contribution in [0.1, 0.15) is 18.4 Å². The number of nitrogens with one attached hydrogen (secondary N) is 1. The summed E-state index contributed by atoms with van der Waals surface area (Å²) in [5, 5.41) is 3.75. The molecular formula is C17H21ClN4. The van der Waals surface area contributed by atoms with Gasteiger partial charge in [0.25, 0.3) is 0 Å². The first-order valence-electron chi connectivity index (χ1n) is 7.81. The second kappa shape index (κ2) is 7.56. The third-order valence-corrected chi connectivity index (χ3v) is 4.31. The molecule has 4 nitrogen and oxygen atoms in total. The lowest BCUT2D eigenvalue weighted by Crippen LogP contribution is -2.40. The first-order chi connectivity index (χ1) is 10.8. The van der Waals surface area contributed by atoms with Crippen molar-refractivity contribution in [2.45, 2.75) is 25.3 Å². The molecule has 1 saturated heterocycles. The van der Waals surface area contributed by atoms with E-state index in [4.69, 9.17) is 11.6 Å². The summed E-state index contributed by atoms with van der Waals surface area (Å²) < 4.78 is 0. The molecule has 1 aliphatic heterocycles. The standard InChI is InChI=1S/C17H21ClN4/c18-17-19-10-6-16(21-17)20-15-8-12-22(13-9-15)11-7-14-4-2-1-3-5-14/h1-6,10,15H,7-9,11-13H2,(H,19,20,21). The summed E-state index contributed by atoms with van der Waals surface area (Å²) in [7, 11) is 0.